The van der Waals surface area contributed by atoms with E-state index in [1.54, 1.807) is 12.1 Å². The topological polar surface area (TPSA) is 32.3 Å². The molecular formula is C23H29FN2O. The average Bonchev–Trinajstić information content (AvgIpc) is 2.70. The summed E-state index contributed by atoms with van der Waals surface area (Å²) in [4.78, 5) is 14.4. The van der Waals surface area contributed by atoms with E-state index in [2.05, 4.69) is 40.5 Å². The normalized spacial score (nSPS) is 15.6. The number of carbonyl (C=O) groups excluding carboxylic acids is 1. The van der Waals surface area contributed by atoms with Gasteiger partial charge >= 0.3 is 0 Å². The Labute approximate surface area is 161 Å². The Kier molecular flexibility index (Phi) is 7.40. The van der Waals surface area contributed by atoms with E-state index in [0.717, 1.165) is 37.5 Å². The highest BCUT2D eigenvalue weighted by atomic mass is 19.1. The van der Waals surface area contributed by atoms with Crippen molar-refractivity contribution >= 4 is 5.91 Å². The van der Waals surface area contributed by atoms with Crippen LogP contribution in [0.4, 0.5) is 4.39 Å². The molecule has 0 bridgehead atoms. The van der Waals surface area contributed by atoms with Crippen molar-refractivity contribution in [2.45, 2.75) is 32.1 Å². The first-order valence-electron chi connectivity index (χ1n) is 9.96. The predicted octanol–water partition coefficient (Wildman–Crippen LogP) is 3.83. The van der Waals surface area contributed by atoms with Crippen molar-refractivity contribution in [2.24, 2.45) is 5.92 Å². The van der Waals surface area contributed by atoms with Gasteiger partial charge in [0.1, 0.15) is 5.82 Å². The maximum absolute atomic E-state index is 12.9. The molecule has 1 aliphatic heterocycles. The number of likely N-dealkylation sites (tertiary alicyclic amines) is 1. The van der Waals surface area contributed by atoms with E-state index in [0.29, 0.717) is 13.0 Å². The van der Waals surface area contributed by atoms with Gasteiger partial charge in [0.2, 0.25) is 5.91 Å². The lowest BCUT2D eigenvalue weighted by atomic mass is 9.90. The van der Waals surface area contributed by atoms with E-state index in [-0.39, 0.29) is 11.7 Å². The summed E-state index contributed by atoms with van der Waals surface area (Å²) < 4.78 is 12.9. The van der Waals surface area contributed by atoms with E-state index in [4.69, 9.17) is 0 Å². The van der Waals surface area contributed by atoms with Gasteiger partial charge in [-0.3, -0.25) is 4.79 Å². The second-order valence-electron chi connectivity index (χ2n) is 7.45. The van der Waals surface area contributed by atoms with Gasteiger partial charge in [-0.15, -0.1) is 0 Å². The molecule has 0 atom stereocenters. The third kappa shape index (κ3) is 6.79. The summed E-state index contributed by atoms with van der Waals surface area (Å²) in [5.41, 5.74) is 2.47. The van der Waals surface area contributed by atoms with Gasteiger partial charge in [0.25, 0.3) is 0 Å². The van der Waals surface area contributed by atoms with Gasteiger partial charge in [-0.25, -0.2) is 4.39 Å². The first-order chi connectivity index (χ1) is 13.2. The lowest BCUT2D eigenvalue weighted by Gasteiger charge is -2.31. The molecule has 1 N–H and O–H groups in total. The van der Waals surface area contributed by atoms with Crippen molar-refractivity contribution in [1.29, 1.82) is 0 Å². The number of halogens is 1. The zero-order chi connectivity index (χ0) is 18.9. The van der Waals surface area contributed by atoms with Crippen LogP contribution >= 0.6 is 0 Å². The SMILES string of the molecule is O=C(CCN1CCC(Cc2ccccc2)CC1)NCCc1ccc(F)cc1. The van der Waals surface area contributed by atoms with Gasteiger partial charge in [-0.2, -0.15) is 0 Å². The molecule has 3 nitrogen and oxygen atoms in total. The van der Waals surface area contributed by atoms with Crippen molar-refractivity contribution in [3.05, 3.63) is 71.5 Å². The monoisotopic (exact) mass is 368 g/mol. The minimum absolute atomic E-state index is 0.100. The summed E-state index contributed by atoms with van der Waals surface area (Å²) in [6, 6.07) is 17.2. The second-order valence-corrected chi connectivity index (χ2v) is 7.45. The maximum atomic E-state index is 12.9. The number of nitrogens with zero attached hydrogens (tertiary/aromatic N) is 1. The zero-order valence-corrected chi connectivity index (χ0v) is 15.9. The van der Waals surface area contributed by atoms with Crippen LogP contribution in [0.3, 0.4) is 0 Å². The van der Waals surface area contributed by atoms with Crippen LogP contribution in [0.25, 0.3) is 0 Å². The molecular weight excluding hydrogens is 339 g/mol. The van der Waals surface area contributed by atoms with E-state index in [1.165, 1.54) is 37.0 Å². The van der Waals surface area contributed by atoms with Crippen molar-refractivity contribution in [2.75, 3.05) is 26.2 Å². The quantitative estimate of drug-likeness (QED) is 0.768. The summed E-state index contributed by atoms with van der Waals surface area (Å²) in [5, 5.41) is 2.97. The number of hydrogen-bond acceptors (Lipinski definition) is 2. The Morgan fingerprint density at radius 2 is 1.70 bits per heavy atom. The predicted molar refractivity (Wildman–Crippen MR) is 107 cm³/mol. The summed E-state index contributed by atoms with van der Waals surface area (Å²) >= 11 is 0. The standard InChI is InChI=1S/C23H29FN2O/c24-22-8-6-19(7-9-22)10-14-25-23(27)13-17-26-15-11-21(12-16-26)18-20-4-2-1-3-5-20/h1-9,21H,10-18H2,(H,25,27). The van der Waals surface area contributed by atoms with Crippen LogP contribution < -0.4 is 5.32 Å². The fraction of sp³-hybridized carbons (Fsp3) is 0.435. The van der Waals surface area contributed by atoms with Crippen molar-refractivity contribution < 1.29 is 9.18 Å². The van der Waals surface area contributed by atoms with E-state index >= 15 is 0 Å². The van der Waals surface area contributed by atoms with Crippen LogP contribution in [0.1, 0.15) is 30.4 Å². The van der Waals surface area contributed by atoms with Gasteiger partial charge in [0, 0.05) is 19.5 Å². The molecule has 4 heteroatoms. The minimum Gasteiger partial charge on any atom is -0.356 e. The van der Waals surface area contributed by atoms with Gasteiger partial charge in [-0.05, 0) is 68.0 Å². The summed E-state index contributed by atoms with van der Waals surface area (Å²) in [6.45, 7) is 3.60. The summed E-state index contributed by atoms with van der Waals surface area (Å²) in [7, 11) is 0. The fourth-order valence-electron chi connectivity index (χ4n) is 3.71. The smallest absolute Gasteiger partial charge is 0.221 e. The van der Waals surface area contributed by atoms with Crippen LogP contribution in [-0.2, 0) is 17.6 Å². The van der Waals surface area contributed by atoms with Crippen LogP contribution in [0, 0.1) is 11.7 Å². The van der Waals surface area contributed by atoms with Crippen molar-refractivity contribution in [1.82, 2.24) is 10.2 Å². The molecule has 1 fully saturated rings. The van der Waals surface area contributed by atoms with Gasteiger partial charge in [0.05, 0.1) is 0 Å². The number of nitrogens with one attached hydrogen (secondary N) is 1. The zero-order valence-electron chi connectivity index (χ0n) is 15.9. The van der Waals surface area contributed by atoms with Gasteiger partial charge in [0.15, 0.2) is 0 Å². The first-order valence-corrected chi connectivity index (χ1v) is 9.96. The van der Waals surface area contributed by atoms with Crippen LogP contribution in [0.15, 0.2) is 54.6 Å². The molecule has 144 valence electrons. The minimum atomic E-state index is -0.227. The Morgan fingerprint density at radius 1 is 1.00 bits per heavy atom. The molecule has 1 aliphatic rings. The number of rotatable bonds is 8. The Bertz CT molecular complexity index is 694. The number of piperidine rings is 1. The molecule has 3 rings (SSSR count). The fourth-order valence-corrected chi connectivity index (χ4v) is 3.71. The number of carbonyl (C=O) groups is 1. The molecule has 2 aromatic rings. The highest BCUT2D eigenvalue weighted by Gasteiger charge is 2.19. The Morgan fingerprint density at radius 3 is 2.41 bits per heavy atom. The number of hydrogen-bond donors (Lipinski definition) is 1. The lowest BCUT2D eigenvalue weighted by Crippen LogP contribution is -2.37. The number of benzene rings is 2. The molecule has 0 unspecified atom stereocenters. The molecule has 0 radical (unpaired) electrons. The molecule has 0 saturated carbocycles. The number of amides is 1. The summed E-state index contributed by atoms with van der Waals surface area (Å²) in [5.74, 6) is 0.632. The third-order valence-corrected chi connectivity index (χ3v) is 5.38. The van der Waals surface area contributed by atoms with Crippen LogP contribution in [0.5, 0.6) is 0 Å². The molecule has 27 heavy (non-hydrogen) atoms. The van der Waals surface area contributed by atoms with E-state index in [1.807, 2.05) is 0 Å². The molecule has 1 heterocycles. The molecule has 0 spiro atoms. The first kappa shape index (κ1) is 19.6. The molecule has 2 aromatic carbocycles. The van der Waals surface area contributed by atoms with Gasteiger partial charge < -0.3 is 10.2 Å². The van der Waals surface area contributed by atoms with E-state index < -0.39 is 0 Å². The Balaban J connectivity index is 1.28. The largest absolute Gasteiger partial charge is 0.356 e. The van der Waals surface area contributed by atoms with Crippen LogP contribution in [0.2, 0.25) is 0 Å². The lowest BCUT2D eigenvalue weighted by molar-refractivity contribution is -0.121. The highest BCUT2D eigenvalue weighted by Crippen LogP contribution is 2.21. The second kappa shape index (κ2) is 10.2. The van der Waals surface area contributed by atoms with Crippen molar-refractivity contribution in [3.63, 3.8) is 0 Å². The van der Waals surface area contributed by atoms with Crippen molar-refractivity contribution in [3.8, 4) is 0 Å². The summed E-state index contributed by atoms with van der Waals surface area (Å²) in [6.07, 6.45) is 4.87. The van der Waals surface area contributed by atoms with Gasteiger partial charge in [-0.1, -0.05) is 42.5 Å². The molecule has 0 aliphatic carbocycles. The van der Waals surface area contributed by atoms with Crippen LogP contribution in [-0.4, -0.2) is 37.0 Å². The maximum Gasteiger partial charge on any atom is 0.221 e. The molecule has 1 amide bonds. The average molecular weight is 368 g/mol. The third-order valence-electron chi connectivity index (χ3n) is 5.38. The molecule has 0 aromatic heterocycles. The molecule has 1 saturated heterocycles. The highest BCUT2D eigenvalue weighted by molar-refractivity contribution is 5.76. The Hall–Kier alpha value is -2.20. The van der Waals surface area contributed by atoms with E-state index in [9.17, 15) is 9.18 Å².